The third kappa shape index (κ3) is 2.59. The van der Waals surface area contributed by atoms with Gasteiger partial charge in [-0.05, 0) is 30.7 Å². The number of nitrogens with one attached hydrogen (secondary N) is 2. The lowest BCUT2D eigenvalue weighted by Gasteiger charge is -2.03. The first-order chi connectivity index (χ1) is 6.24. The minimum atomic E-state index is 0.235. The number of aryl methyl sites for hydroxylation is 1. The number of aromatic hydroxyl groups is 1. The topological polar surface area (TPSA) is 68.5 Å². The Hall–Kier alpha value is -1.84. The molecule has 1 aromatic carbocycles. The van der Waals surface area contributed by atoms with Crippen LogP contribution >= 0.6 is 0 Å². The van der Waals surface area contributed by atoms with Crippen molar-refractivity contribution in [3.8, 4) is 5.75 Å². The normalized spacial score (nSPS) is 10.2. The highest BCUT2D eigenvalue weighted by Gasteiger charge is 1.96. The van der Waals surface area contributed by atoms with Crippen molar-refractivity contribution >= 4 is 18.1 Å². The fraction of sp³-hybridized carbons (Fsp3) is 0.111. The van der Waals surface area contributed by atoms with E-state index in [2.05, 4.69) is 10.5 Å². The Labute approximate surface area is 76.4 Å². The maximum absolute atomic E-state index is 9.11. The van der Waals surface area contributed by atoms with Crippen LogP contribution < -0.4 is 5.43 Å². The first-order valence-electron chi connectivity index (χ1n) is 3.82. The standard InChI is InChI=1S/C9H11N3O/c1-7-6-8(13)2-3-9(7)12-11-5-4-10/h2-6,10,12-13H,1H3/b10-4?,11-5-. The summed E-state index contributed by atoms with van der Waals surface area (Å²) in [6.07, 6.45) is 2.43. The van der Waals surface area contributed by atoms with Gasteiger partial charge in [-0.2, -0.15) is 5.10 Å². The number of hydrogen-bond donors (Lipinski definition) is 3. The molecule has 0 unspecified atom stereocenters. The van der Waals surface area contributed by atoms with Crippen LogP contribution in [0.15, 0.2) is 23.3 Å². The second kappa shape index (κ2) is 4.25. The van der Waals surface area contributed by atoms with Gasteiger partial charge in [-0.3, -0.25) is 5.43 Å². The minimum absolute atomic E-state index is 0.235. The van der Waals surface area contributed by atoms with Gasteiger partial charge >= 0.3 is 0 Å². The monoisotopic (exact) mass is 177 g/mol. The van der Waals surface area contributed by atoms with Gasteiger partial charge in [0.25, 0.3) is 0 Å². The summed E-state index contributed by atoms with van der Waals surface area (Å²) in [6, 6.07) is 4.95. The van der Waals surface area contributed by atoms with Crippen LogP contribution in [0.1, 0.15) is 5.56 Å². The van der Waals surface area contributed by atoms with Gasteiger partial charge in [-0.1, -0.05) is 0 Å². The summed E-state index contributed by atoms with van der Waals surface area (Å²) in [5.74, 6) is 0.235. The summed E-state index contributed by atoms with van der Waals surface area (Å²) >= 11 is 0. The van der Waals surface area contributed by atoms with Crippen LogP contribution in [0.25, 0.3) is 0 Å². The number of hydrogen-bond acceptors (Lipinski definition) is 4. The van der Waals surface area contributed by atoms with Crippen molar-refractivity contribution in [3.63, 3.8) is 0 Å². The van der Waals surface area contributed by atoms with E-state index in [0.29, 0.717) is 0 Å². The molecule has 0 aromatic heterocycles. The van der Waals surface area contributed by atoms with Crippen molar-refractivity contribution in [1.82, 2.24) is 0 Å². The molecule has 0 aliphatic rings. The molecule has 0 aliphatic carbocycles. The summed E-state index contributed by atoms with van der Waals surface area (Å²) in [5.41, 5.74) is 4.47. The van der Waals surface area contributed by atoms with E-state index in [0.717, 1.165) is 17.5 Å². The number of anilines is 1. The Morgan fingerprint density at radius 2 is 2.31 bits per heavy atom. The maximum Gasteiger partial charge on any atom is 0.115 e. The molecule has 4 heteroatoms. The zero-order valence-corrected chi connectivity index (χ0v) is 7.28. The molecule has 13 heavy (non-hydrogen) atoms. The van der Waals surface area contributed by atoms with Gasteiger partial charge in [-0.25, -0.2) is 0 Å². The highest BCUT2D eigenvalue weighted by molar-refractivity contribution is 6.14. The lowest BCUT2D eigenvalue weighted by Crippen LogP contribution is -1.91. The van der Waals surface area contributed by atoms with Gasteiger partial charge in [0.1, 0.15) is 5.75 Å². The Morgan fingerprint density at radius 1 is 1.54 bits per heavy atom. The summed E-state index contributed by atoms with van der Waals surface area (Å²) in [7, 11) is 0. The minimum Gasteiger partial charge on any atom is -0.508 e. The number of benzene rings is 1. The lowest BCUT2D eigenvalue weighted by molar-refractivity contribution is 0.475. The van der Waals surface area contributed by atoms with Crippen molar-refractivity contribution in [2.75, 3.05) is 5.43 Å². The molecule has 4 nitrogen and oxygen atoms in total. The van der Waals surface area contributed by atoms with E-state index in [4.69, 9.17) is 10.5 Å². The number of hydrazone groups is 1. The third-order valence-corrected chi connectivity index (χ3v) is 1.54. The summed E-state index contributed by atoms with van der Waals surface area (Å²) in [5, 5.41) is 19.6. The van der Waals surface area contributed by atoms with Crippen LogP contribution in [0.2, 0.25) is 0 Å². The van der Waals surface area contributed by atoms with E-state index in [1.54, 1.807) is 18.2 Å². The molecule has 3 N–H and O–H groups in total. The van der Waals surface area contributed by atoms with Crippen molar-refractivity contribution < 1.29 is 5.11 Å². The smallest absolute Gasteiger partial charge is 0.115 e. The van der Waals surface area contributed by atoms with E-state index in [1.165, 1.54) is 6.21 Å². The van der Waals surface area contributed by atoms with Gasteiger partial charge in [0, 0.05) is 6.21 Å². The molecule has 1 rings (SSSR count). The second-order valence-corrected chi connectivity index (χ2v) is 2.56. The van der Waals surface area contributed by atoms with Crippen molar-refractivity contribution in [1.29, 1.82) is 5.41 Å². The summed E-state index contributed by atoms with van der Waals surface area (Å²) in [4.78, 5) is 0. The molecular weight excluding hydrogens is 166 g/mol. The average Bonchev–Trinajstić information content (AvgIpc) is 2.09. The van der Waals surface area contributed by atoms with E-state index < -0.39 is 0 Å². The molecule has 0 saturated carbocycles. The quantitative estimate of drug-likeness (QED) is 0.374. The molecule has 0 amide bonds. The molecule has 0 spiro atoms. The Kier molecular flexibility index (Phi) is 3.03. The predicted octanol–water partition coefficient (Wildman–Crippen LogP) is 1.75. The van der Waals surface area contributed by atoms with Crippen molar-refractivity contribution in [2.24, 2.45) is 5.10 Å². The van der Waals surface area contributed by atoms with Crippen LogP contribution in [-0.2, 0) is 0 Å². The van der Waals surface area contributed by atoms with Crippen LogP contribution in [0.5, 0.6) is 5.75 Å². The fourth-order valence-corrected chi connectivity index (χ4v) is 0.917. The third-order valence-electron chi connectivity index (χ3n) is 1.54. The molecule has 1 aromatic rings. The first-order valence-corrected chi connectivity index (χ1v) is 3.82. The number of phenolic OH excluding ortho intramolecular Hbond substituents is 1. The molecule has 0 atom stereocenters. The van der Waals surface area contributed by atoms with Crippen LogP contribution in [-0.4, -0.2) is 17.5 Å². The van der Waals surface area contributed by atoms with Crippen LogP contribution in [0.3, 0.4) is 0 Å². The van der Waals surface area contributed by atoms with Gasteiger partial charge < -0.3 is 10.5 Å². The van der Waals surface area contributed by atoms with E-state index in [-0.39, 0.29) is 5.75 Å². The first kappa shape index (κ1) is 9.25. The van der Waals surface area contributed by atoms with Crippen molar-refractivity contribution in [3.05, 3.63) is 23.8 Å². The van der Waals surface area contributed by atoms with Crippen LogP contribution in [0.4, 0.5) is 5.69 Å². The predicted molar refractivity (Wildman–Crippen MR) is 53.7 cm³/mol. The molecule has 68 valence electrons. The fourth-order valence-electron chi connectivity index (χ4n) is 0.917. The molecule has 0 aliphatic heterocycles. The van der Waals surface area contributed by atoms with E-state index in [1.807, 2.05) is 6.92 Å². The van der Waals surface area contributed by atoms with E-state index in [9.17, 15) is 0 Å². The molecule has 0 fully saturated rings. The van der Waals surface area contributed by atoms with E-state index >= 15 is 0 Å². The van der Waals surface area contributed by atoms with Gasteiger partial charge in [0.15, 0.2) is 0 Å². The highest BCUT2D eigenvalue weighted by atomic mass is 16.3. The largest absolute Gasteiger partial charge is 0.508 e. The Bertz CT molecular complexity index is 334. The Balaban J connectivity index is 2.77. The second-order valence-electron chi connectivity index (χ2n) is 2.56. The molecule has 0 heterocycles. The zero-order valence-electron chi connectivity index (χ0n) is 7.28. The summed E-state index contributed by atoms with van der Waals surface area (Å²) in [6.45, 7) is 1.86. The zero-order chi connectivity index (χ0) is 9.68. The lowest BCUT2D eigenvalue weighted by atomic mass is 10.2. The van der Waals surface area contributed by atoms with Gasteiger partial charge in [-0.15, -0.1) is 0 Å². The molecule has 0 radical (unpaired) electrons. The average molecular weight is 177 g/mol. The van der Waals surface area contributed by atoms with Crippen molar-refractivity contribution in [2.45, 2.75) is 6.92 Å². The summed E-state index contributed by atoms with van der Waals surface area (Å²) < 4.78 is 0. The molecule has 0 bridgehead atoms. The highest BCUT2D eigenvalue weighted by Crippen LogP contribution is 2.19. The van der Waals surface area contributed by atoms with Gasteiger partial charge in [0.2, 0.25) is 0 Å². The molecular formula is C9H11N3O. The van der Waals surface area contributed by atoms with Crippen LogP contribution in [0, 0.1) is 12.3 Å². The SMILES string of the molecule is Cc1cc(O)ccc1N/N=C\C=N. The van der Waals surface area contributed by atoms with Gasteiger partial charge in [0.05, 0.1) is 11.9 Å². The number of nitrogens with zero attached hydrogens (tertiary/aromatic N) is 1. The maximum atomic E-state index is 9.11. The number of phenols is 1. The molecule has 0 saturated heterocycles. The number of rotatable bonds is 3. The Morgan fingerprint density at radius 3 is 2.92 bits per heavy atom.